The van der Waals surface area contributed by atoms with E-state index in [0.29, 0.717) is 18.3 Å². The van der Waals surface area contributed by atoms with Crippen molar-refractivity contribution in [1.29, 1.82) is 0 Å². The van der Waals surface area contributed by atoms with Gasteiger partial charge in [-0.3, -0.25) is 9.69 Å². The fourth-order valence-corrected chi connectivity index (χ4v) is 6.02. The number of unbranched alkanes of at least 4 members (excludes halogenated alkanes) is 2. The summed E-state index contributed by atoms with van der Waals surface area (Å²) in [4.78, 5) is 24.2. The van der Waals surface area contributed by atoms with Crippen molar-refractivity contribution < 1.29 is 14.3 Å². The second-order valence-electron chi connectivity index (χ2n) is 11.6. The van der Waals surface area contributed by atoms with E-state index in [1.165, 1.54) is 12.0 Å². The maximum Gasteiger partial charge on any atom is 0.246 e. The molecule has 2 fully saturated rings. The largest absolute Gasteiger partial charge is 0.493 e. The fraction of sp³-hybridized carbons (Fsp3) is 0.444. The van der Waals surface area contributed by atoms with Crippen LogP contribution in [0.5, 0.6) is 11.5 Å². The third-order valence-corrected chi connectivity index (χ3v) is 8.62. The topological polar surface area (TPSA) is 58.1 Å². The molecule has 1 amide bonds. The van der Waals surface area contributed by atoms with Crippen molar-refractivity contribution in [2.75, 3.05) is 64.4 Å². The third-order valence-electron chi connectivity index (χ3n) is 8.62. The van der Waals surface area contributed by atoms with E-state index in [1.54, 1.807) is 13.2 Å². The molecule has 0 bridgehead atoms. The lowest BCUT2D eigenvalue weighted by molar-refractivity contribution is -0.127. The van der Waals surface area contributed by atoms with E-state index in [0.717, 1.165) is 95.0 Å². The molecule has 0 radical (unpaired) electrons. The number of piperazine rings is 1. The summed E-state index contributed by atoms with van der Waals surface area (Å²) in [5.74, 6) is 3.25. The van der Waals surface area contributed by atoms with Gasteiger partial charge in [-0.15, -0.1) is 0 Å². The molecular formula is C36H46N4O3. The minimum atomic E-state index is 0.0764. The normalized spacial score (nSPS) is 16.5. The van der Waals surface area contributed by atoms with E-state index in [9.17, 15) is 4.79 Å². The van der Waals surface area contributed by atoms with Crippen LogP contribution in [-0.2, 0) is 11.2 Å². The zero-order valence-electron chi connectivity index (χ0n) is 25.6. The minimum absolute atomic E-state index is 0.0764. The Balaban J connectivity index is 0.975. The molecule has 0 N–H and O–H groups in total. The summed E-state index contributed by atoms with van der Waals surface area (Å²) in [6.07, 6.45) is 11.9. The van der Waals surface area contributed by atoms with Crippen molar-refractivity contribution in [1.82, 2.24) is 14.8 Å². The van der Waals surface area contributed by atoms with E-state index in [1.807, 2.05) is 41.4 Å². The molecule has 0 aliphatic carbocycles. The Bertz CT molecular complexity index is 1280. The van der Waals surface area contributed by atoms with Crippen molar-refractivity contribution in [3.8, 4) is 11.5 Å². The van der Waals surface area contributed by atoms with Gasteiger partial charge in [0.05, 0.1) is 13.7 Å². The van der Waals surface area contributed by atoms with Crippen LogP contribution in [-0.4, -0.2) is 80.2 Å². The number of anilines is 1. The molecule has 2 aromatic carbocycles. The van der Waals surface area contributed by atoms with Crippen LogP contribution in [0.15, 0.2) is 79.0 Å². The molecule has 0 saturated carbocycles. The first-order valence-corrected chi connectivity index (χ1v) is 15.9. The third kappa shape index (κ3) is 9.32. The molecule has 2 aliphatic heterocycles. The quantitative estimate of drug-likeness (QED) is 0.183. The van der Waals surface area contributed by atoms with Gasteiger partial charge in [-0.25, -0.2) is 4.98 Å². The van der Waals surface area contributed by atoms with Gasteiger partial charge >= 0.3 is 0 Å². The van der Waals surface area contributed by atoms with Crippen LogP contribution >= 0.6 is 0 Å². The maximum absolute atomic E-state index is 12.8. The van der Waals surface area contributed by atoms with Crippen molar-refractivity contribution in [3.05, 3.63) is 90.1 Å². The second-order valence-corrected chi connectivity index (χ2v) is 11.6. The van der Waals surface area contributed by atoms with E-state index >= 15 is 0 Å². The number of rotatable bonds is 13. The number of nitrogens with zero attached hydrogens (tertiary/aromatic N) is 4. The number of piperidine rings is 1. The first kappa shape index (κ1) is 30.6. The average molecular weight is 583 g/mol. The van der Waals surface area contributed by atoms with Gasteiger partial charge in [-0.1, -0.05) is 42.5 Å². The molecular weight excluding hydrogens is 536 g/mol. The lowest BCUT2D eigenvalue weighted by Gasteiger charge is -2.35. The number of carbonyl (C=O) groups excluding carboxylic acids is 1. The first-order chi connectivity index (χ1) is 21.2. The minimum Gasteiger partial charge on any atom is -0.493 e. The Morgan fingerprint density at radius 3 is 2.42 bits per heavy atom. The molecule has 0 spiro atoms. The fourth-order valence-electron chi connectivity index (χ4n) is 6.02. The molecule has 3 heterocycles. The van der Waals surface area contributed by atoms with Crippen LogP contribution in [0.3, 0.4) is 0 Å². The zero-order chi connectivity index (χ0) is 29.7. The number of pyridine rings is 1. The van der Waals surface area contributed by atoms with Gasteiger partial charge in [0.25, 0.3) is 0 Å². The summed E-state index contributed by atoms with van der Waals surface area (Å²) in [5.41, 5.74) is 2.32. The summed E-state index contributed by atoms with van der Waals surface area (Å²) in [6, 6.07) is 22.6. The van der Waals surface area contributed by atoms with Crippen LogP contribution in [0.2, 0.25) is 0 Å². The van der Waals surface area contributed by atoms with Gasteiger partial charge in [-0.2, -0.15) is 0 Å². The van der Waals surface area contributed by atoms with Gasteiger partial charge in [0, 0.05) is 51.5 Å². The maximum atomic E-state index is 12.8. The lowest BCUT2D eigenvalue weighted by atomic mass is 9.90. The molecule has 2 aliphatic rings. The number of hydrogen-bond acceptors (Lipinski definition) is 6. The van der Waals surface area contributed by atoms with Gasteiger partial charge in [0.1, 0.15) is 5.82 Å². The van der Waals surface area contributed by atoms with E-state index in [-0.39, 0.29) is 5.91 Å². The predicted molar refractivity (Wildman–Crippen MR) is 174 cm³/mol. The second kappa shape index (κ2) is 16.1. The standard InChI is InChI=1S/C36H46N4O3/c1-42-34-29-31(14-16-36(41)40-21-17-32(18-22-40)28-30-10-4-2-5-11-30)13-15-33(34)43-27-9-3-8-20-38-23-25-39(26-24-38)35-12-6-7-19-37-35/h2,4-7,10-16,19,29,32H,3,8-9,17-18,20-28H2,1H3/b16-14+. The molecule has 228 valence electrons. The van der Waals surface area contributed by atoms with Crippen LogP contribution in [0, 0.1) is 5.92 Å². The van der Waals surface area contributed by atoms with Crippen LogP contribution in [0.4, 0.5) is 5.82 Å². The Labute approximate surface area is 257 Å². The zero-order valence-corrected chi connectivity index (χ0v) is 25.6. The van der Waals surface area contributed by atoms with E-state index in [4.69, 9.17) is 9.47 Å². The number of amides is 1. The first-order valence-electron chi connectivity index (χ1n) is 15.9. The average Bonchev–Trinajstić information content (AvgIpc) is 3.07. The Hall–Kier alpha value is -3.84. The van der Waals surface area contributed by atoms with Crippen LogP contribution < -0.4 is 14.4 Å². The number of hydrogen-bond donors (Lipinski definition) is 0. The van der Waals surface area contributed by atoms with Gasteiger partial charge in [0.15, 0.2) is 11.5 Å². The predicted octanol–water partition coefficient (Wildman–Crippen LogP) is 5.96. The molecule has 2 saturated heterocycles. The molecule has 0 atom stereocenters. The highest BCUT2D eigenvalue weighted by Gasteiger charge is 2.22. The highest BCUT2D eigenvalue weighted by atomic mass is 16.5. The monoisotopic (exact) mass is 582 g/mol. The number of carbonyl (C=O) groups is 1. The van der Waals surface area contributed by atoms with Crippen LogP contribution in [0.25, 0.3) is 6.08 Å². The Morgan fingerprint density at radius 1 is 0.884 bits per heavy atom. The number of aromatic nitrogens is 1. The summed E-state index contributed by atoms with van der Waals surface area (Å²) >= 11 is 0. The number of methoxy groups -OCH3 is 1. The summed E-state index contributed by atoms with van der Waals surface area (Å²) in [5, 5.41) is 0. The number of ether oxygens (including phenoxy) is 2. The Kier molecular flexibility index (Phi) is 11.5. The SMILES string of the molecule is COc1cc(/C=C/C(=O)N2CCC(Cc3ccccc3)CC2)ccc1OCCCCCN1CCN(c2ccccn2)CC1. The van der Waals surface area contributed by atoms with Gasteiger partial charge in [0.2, 0.25) is 5.91 Å². The molecule has 3 aromatic rings. The molecule has 43 heavy (non-hydrogen) atoms. The smallest absolute Gasteiger partial charge is 0.246 e. The highest BCUT2D eigenvalue weighted by molar-refractivity contribution is 5.92. The van der Waals surface area contributed by atoms with Gasteiger partial charge in [-0.05, 0) is 92.5 Å². The molecule has 7 heteroatoms. The van der Waals surface area contributed by atoms with Crippen molar-refractivity contribution >= 4 is 17.8 Å². The number of benzene rings is 2. The molecule has 7 nitrogen and oxygen atoms in total. The van der Waals surface area contributed by atoms with Crippen molar-refractivity contribution in [2.45, 2.75) is 38.5 Å². The highest BCUT2D eigenvalue weighted by Crippen LogP contribution is 2.29. The number of likely N-dealkylation sites (tertiary alicyclic amines) is 1. The molecule has 0 unspecified atom stereocenters. The summed E-state index contributed by atoms with van der Waals surface area (Å²) < 4.78 is 11.7. The Morgan fingerprint density at radius 2 is 1.67 bits per heavy atom. The van der Waals surface area contributed by atoms with E-state index < -0.39 is 0 Å². The molecule has 5 rings (SSSR count). The summed E-state index contributed by atoms with van der Waals surface area (Å²) in [7, 11) is 1.66. The van der Waals surface area contributed by atoms with Crippen molar-refractivity contribution in [2.24, 2.45) is 5.92 Å². The van der Waals surface area contributed by atoms with Gasteiger partial charge < -0.3 is 19.3 Å². The lowest BCUT2D eigenvalue weighted by Crippen LogP contribution is -2.46. The summed E-state index contributed by atoms with van der Waals surface area (Å²) in [6.45, 7) is 7.68. The van der Waals surface area contributed by atoms with Crippen LogP contribution in [0.1, 0.15) is 43.2 Å². The van der Waals surface area contributed by atoms with E-state index in [2.05, 4.69) is 57.2 Å². The molecule has 1 aromatic heterocycles. The van der Waals surface area contributed by atoms with Crippen molar-refractivity contribution in [3.63, 3.8) is 0 Å².